The average Bonchev–Trinajstić information content (AvgIpc) is 2.78. The Labute approximate surface area is 174 Å². The van der Waals surface area contributed by atoms with Crippen molar-refractivity contribution < 1.29 is 23.5 Å². The summed E-state index contributed by atoms with van der Waals surface area (Å²) in [5.74, 6) is -0.923. The molecule has 158 valence electrons. The predicted octanol–water partition coefficient (Wildman–Crippen LogP) is 2.54. The summed E-state index contributed by atoms with van der Waals surface area (Å²) >= 11 is 0. The fraction of sp³-hybridized carbons (Fsp3) is 0.318. The maximum Gasteiger partial charge on any atom is 0.269 e. The van der Waals surface area contributed by atoms with E-state index in [9.17, 15) is 18.8 Å². The summed E-state index contributed by atoms with van der Waals surface area (Å²) in [5.41, 5.74) is 5.69. The van der Waals surface area contributed by atoms with Crippen LogP contribution in [-0.2, 0) is 4.79 Å². The van der Waals surface area contributed by atoms with Crippen LogP contribution in [0.5, 0.6) is 5.75 Å². The third-order valence-electron chi connectivity index (χ3n) is 4.97. The minimum atomic E-state index is -0.421. The second-order valence-corrected chi connectivity index (χ2v) is 6.97. The molecule has 3 amide bonds. The van der Waals surface area contributed by atoms with Gasteiger partial charge in [-0.05, 0) is 68.3 Å². The lowest BCUT2D eigenvalue weighted by molar-refractivity contribution is -0.127. The Hall–Kier alpha value is -3.42. The van der Waals surface area contributed by atoms with E-state index in [0.717, 1.165) is 0 Å². The zero-order valence-corrected chi connectivity index (χ0v) is 16.7. The van der Waals surface area contributed by atoms with Gasteiger partial charge in [0.05, 0.1) is 6.61 Å². The topological polar surface area (TPSA) is 87.7 Å². The van der Waals surface area contributed by atoms with E-state index >= 15 is 0 Å². The molecule has 2 N–H and O–H groups in total. The minimum absolute atomic E-state index is 0.183. The fourth-order valence-electron chi connectivity index (χ4n) is 3.28. The van der Waals surface area contributed by atoms with E-state index in [4.69, 9.17) is 4.74 Å². The van der Waals surface area contributed by atoms with Crippen LogP contribution in [0, 0.1) is 11.7 Å². The molecule has 0 saturated carbocycles. The minimum Gasteiger partial charge on any atom is -0.494 e. The zero-order valence-electron chi connectivity index (χ0n) is 16.7. The molecule has 30 heavy (non-hydrogen) atoms. The number of carbonyl (C=O) groups excluding carboxylic acids is 3. The lowest BCUT2D eigenvalue weighted by atomic mass is 9.95. The molecule has 0 atom stereocenters. The van der Waals surface area contributed by atoms with Crippen LogP contribution in [-0.4, -0.2) is 42.3 Å². The molecule has 0 spiro atoms. The number of carbonyl (C=O) groups is 3. The van der Waals surface area contributed by atoms with Gasteiger partial charge in [0.2, 0.25) is 5.91 Å². The van der Waals surface area contributed by atoms with Crippen molar-refractivity contribution in [1.29, 1.82) is 0 Å². The molecule has 3 rings (SSSR count). The largest absolute Gasteiger partial charge is 0.494 e. The molecular weight excluding hydrogens is 389 g/mol. The SMILES string of the molecule is CCOc1ccc(C(=O)NNC(=O)C2CCN(C(=O)c3ccc(F)cc3)CC2)cc1. The number of amides is 3. The van der Waals surface area contributed by atoms with Gasteiger partial charge >= 0.3 is 0 Å². The number of benzene rings is 2. The first-order valence-corrected chi connectivity index (χ1v) is 9.86. The first-order chi connectivity index (χ1) is 14.5. The summed E-state index contributed by atoms with van der Waals surface area (Å²) in [6.45, 7) is 3.25. The van der Waals surface area contributed by atoms with Gasteiger partial charge in [-0.15, -0.1) is 0 Å². The molecule has 8 heteroatoms. The van der Waals surface area contributed by atoms with Gasteiger partial charge < -0.3 is 9.64 Å². The lowest BCUT2D eigenvalue weighted by Crippen LogP contribution is -2.48. The first kappa shape index (κ1) is 21.3. The third kappa shape index (κ3) is 5.34. The van der Waals surface area contributed by atoms with Crippen molar-refractivity contribution in [3.05, 3.63) is 65.5 Å². The Morgan fingerprint density at radius 3 is 2.17 bits per heavy atom. The van der Waals surface area contributed by atoms with E-state index < -0.39 is 11.7 Å². The number of nitrogens with one attached hydrogen (secondary N) is 2. The Morgan fingerprint density at radius 1 is 0.967 bits per heavy atom. The number of likely N-dealkylation sites (tertiary alicyclic amines) is 1. The number of piperidine rings is 1. The molecule has 1 aliphatic rings. The highest BCUT2D eigenvalue weighted by Gasteiger charge is 2.28. The van der Waals surface area contributed by atoms with Gasteiger partial charge in [-0.3, -0.25) is 25.2 Å². The number of nitrogens with zero attached hydrogens (tertiary/aromatic N) is 1. The number of hydrogen-bond donors (Lipinski definition) is 2. The van der Waals surface area contributed by atoms with Crippen LogP contribution >= 0.6 is 0 Å². The summed E-state index contributed by atoms with van der Waals surface area (Å²) < 4.78 is 18.3. The Kier molecular flexibility index (Phi) is 7.00. The molecule has 2 aromatic carbocycles. The van der Waals surface area contributed by atoms with E-state index in [1.165, 1.54) is 24.3 Å². The number of hydrogen-bond acceptors (Lipinski definition) is 4. The normalized spacial score (nSPS) is 14.1. The van der Waals surface area contributed by atoms with Gasteiger partial charge in [-0.1, -0.05) is 0 Å². The molecular formula is C22H24FN3O4. The highest BCUT2D eigenvalue weighted by Crippen LogP contribution is 2.19. The average molecular weight is 413 g/mol. The Balaban J connectivity index is 1.45. The molecule has 1 aliphatic heterocycles. The number of ether oxygens (including phenoxy) is 1. The van der Waals surface area contributed by atoms with E-state index in [1.807, 2.05) is 6.92 Å². The first-order valence-electron chi connectivity index (χ1n) is 9.86. The maximum atomic E-state index is 13.0. The summed E-state index contributed by atoms with van der Waals surface area (Å²) in [7, 11) is 0. The molecule has 1 saturated heterocycles. The van der Waals surface area contributed by atoms with Crippen LogP contribution in [0.2, 0.25) is 0 Å². The molecule has 0 aromatic heterocycles. The van der Waals surface area contributed by atoms with Crippen molar-refractivity contribution in [3.8, 4) is 5.75 Å². The van der Waals surface area contributed by atoms with Crippen LogP contribution in [0.4, 0.5) is 4.39 Å². The van der Waals surface area contributed by atoms with Crippen molar-refractivity contribution in [2.75, 3.05) is 19.7 Å². The molecule has 1 fully saturated rings. The molecule has 0 bridgehead atoms. The number of rotatable bonds is 5. The quantitative estimate of drug-likeness (QED) is 0.738. The zero-order chi connectivity index (χ0) is 21.5. The number of hydrazine groups is 1. The standard InChI is InChI=1S/C22H24FN3O4/c1-2-30-19-9-5-15(6-10-19)20(27)24-25-21(28)16-11-13-26(14-12-16)22(29)17-3-7-18(23)8-4-17/h3-10,16H,2,11-14H2,1H3,(H,24,27)(H,25,28). The van der Waals surface area contributed by atoms with Gasteiger partial charge in [-0.25, -0.2) is 4.39 Å². The van der Waals surface area contributed by atoms with E-state index in [-0.39, 0.29) is 17.7 Å². The summed E-state index contributed by atoms with van der Waals surface area (Å²) in [4.78, 5) is 38.7. The fourth-order valence-corrected chi connectivity index (χ4v) is 3.28. The Bertz CT molecular complexity index is 892. The monoisotopic (exact) mass is 413 g/mol. The van der Waals surface area contributed by atoms with Crippen LogP contribution in [0.15, 0.2) is 48.5 Å². The van der Waals surface area contributed by atoms with Gasteiger partial charge in [-0.2, -0.15) is 0 Å². The summed E-state index contributed by atoms with van der Waals surface area (Å²) in [6, 6.07) is 12.0. The van der Waals surface area contributed by atoms with E-state index in [1.54, 1.807) is 29.2 Å². The second kappa shape index (κ2) is 9.87. The van der Waals surface area contributed by atoms with Crippen molar-refractivity contribution in [2.24, 2.45) is 5.92 Å². The molecule has 1 heterocycles. The number of halogens is 1. The van der Waals surface area contributed by atoms with Gasteiger partial charge in [0, 0.05) is 30.1 Å². The van der Waals surface area contributed by atoms with Gasteiger partial charge in [0.15, 0.2) is 0 Å². The molecule has 7 nitrogen and oxygen atoms in total. The second-order valence-electron chi connectivity index (χ2n) is 6.97. The van der Waals surface area contributed by atoms with Crippen molar-refractivity contribution in [3.63, 3.8) is 0 Å². The van der Waals surface area contributed by atoms with Crippen LogP contribution in [0.1, 0.15) is 40.5 Å². The summed E-state index contributed by atoms with van der Waals surface area (Å²) in [6.07, 6.45) is 0.968. The molecule has 2 aromatic rings. The molecule has 0 unspecified atom stereocenters. The summed E-state index contributed by atoms with van der Waals surface area (Å²) in [5, 5.41) is 0. The van der Waals surface area contributed by atoms with Crippen LogP contribution in [0.25, 0.3) is 0 Å². The maximum absolute atomic E-state index is 13.0. The molecule has 0 aliphatic carbocycles. The lowest BCUT2D eigenvalue weighted by Gasteiger charge is -2.31. The van der Waals surface area contributed by atoms with Gasteiger partial charge in [0.25, 0.3) is 11.8 Å². The third-order valence-corrected chi connectivity index (χ3v) is 4.97. The Morgan fingerprint density at radius 2 is 1.57 bits per heavy atom. The van der Waals surface area contributed by atoms with Crippen LogP contribution < -0.4 is 15.6 Å². The van der Waals surface area contributed by atoms with Crippen molar-refractivity contribution in [1.82, 2.24) is 15.8 Å². The molecule has 0 radical (unpaired) electrons. The smallest absolute Gasteiger partial charge is 0.269 e. The van der Waals surface area contributed by atoms with Crippen molar-refractivity contribution in [2.45, 2.75) is 19.8 Å². The highest BCUT2D eigenvalue weighted by molar-refractivity contribution is 5.96. The van der Waals surface area contributed by atoms with Crippen LogP contribution in [0.3, 0.4) is 0 Å². The van der Waals surface area contributed by atoms with E-state index in [2.05, 4.69) is 10.9 Å². The van der Waals surface area contributed by atoms with Crippen molar-refractivity contribution >= 4 is 17.7 Å². The van der Waals surface area contributed by atoms with E-state index in [0.29, 0.717) is 49.4 Å². The predicted molar refractivity (Wildman–Crippen MR) is 108 cm³/mol. The van der Waals surface area contributed by atoms with Gasteiger partial charge in [0.1, 0.15) is 11.6 Å². The highest BCUT2D eigenvalue weighted by atomic mass is 19.1.